The molecule has 0 saturated carbocycles. The second-order valence-corrected chi connectivity index (χ2v) is 5.86. The Bertz CT molecular complexity index is 605. The third kappa shape index (κ3) is 3.28. The Morgan fingerprint density at radius 2 is 2.18 bits per heavy atom. The van der Waals surface area contributed by atoms with Gasteiger partial charge < -0.3 is 20.5 Å². The normalized spacial score (nSPS) is 17.3. The zero-order chi connectivity index (χ0) is 16.3. The van der Waals surface area contributed by atoms with Crippen LogP contribution in [-0.4, -0.2) is 37.1 Å². The predicted molar refractivity (Wildman–Crippen MR) is 81.1 cm³/mol. The quantitative estimate of drug-likeness (QED) is 0.796. The van der Waals surface area contributed by atoms with Crippen LogP contribution >= 0.6 is 11.3 Å². The fourth-order valence-corrected chi connectivity index (χ4v) is 3.38. The number of hydrogen-bond acceptors (Lipinski definition) is 6. The van der Waals surface area contributed by atoms with Gasteiger partial charge in [-0.15, -0.1) is 11.3 Å². The maximum absolute atomic E-state index is 12.1. The first-order valence-corrected chi connectivity index (χ1v) is 7.80. The molecule has 1 aliphatic rings. The van der Waals surface area contributed by atoms with E-state index in [4.69, 9.17) is 15.2 Å². The Morgan fingerprint density at radius 1 is 1.45 bits per heavy atom. The summed E-state index contributed by atoms with van der Waals surface area (Å²) in [7, 11) is 0. The summed E-state index contributed by atoms with van der Waals surface area (Å²) in [6, 6.07) is 0. The number of nitrogens with two attached hydrogens (primary N) is 1. The van der Waals surface area contributed by atoms with Crippen LogP contribution in [0.25, 0.3) is 0 Å². The summed E-state index contributed by atoms with van der Waals surface area (Å²) in [6.45, 7) is 4.05. The predicted octanol–water partition coefficient (Wildman–Crippen LogP) is 1.45. The molecular weight excluding hydrogens is 308 g/mol. The van der Waals surface area contributed by atoms with E-state index in [-0.39, 0.29) is 28.0 Å². The van der Waals surface area contributed by atoms with Crippen LogP contribution in [-0.2, 0) is 14.3 Å². The van der Waals surface area contributed by atoms with Crippen molar-refractivity contribution in [3.05, 3.63) is 16.0 Å². The highest BCUT2D eigenvalue weighted by atomic mass is 32.1. The van der Waals surface area contributed by atoms with Crippen molar-refractivity contribution in [1.29, 1.82) is 0 Å². The van der Waals surface area contributed by atoms with Gasteiger partial charge in [0.05, 0.1) is 12.2 Å². The lowest BCUT2D eigenvalue weighted by Crippen LogP contribution is -2.27. The van der Waals surface area contributed by atoms with E-state index in [2.05, 4.69) is 5.32 Å². The van der Waals surface area contributed by atoms with Gasteiger partial charge in [-0.05, 0) is 32.3 Å². The van der Waals surface area contributed by atoms with Crippen molar-refractivity contribution < 1.29 is 23.9 Å². The highest BCUT2D eigenvalue weighted by Crippen LogP contribution is 2.33. The van der Waals surface area contributed by atoms with Crippen molar-refractivity contribution in [2.24, 2.45) is 5.73 Å². The number of rotatable bonds is 5. The van der Waals surface area contributed by atoms with Gasteiger partial charge in [0.1, 0.15) is 16.0 Å². The summed E-state index contributed by atoms with van der Waals surface area (Å²) in [5.74, 6) is -1.58. The molecule has 1 unspecified atom stereocenters. The second-order valence-electron chi connectivity index (χ2n) is 4.84. The van der Waals surface area contributed by atoms with E-state index < -0.39 is 18.0 Å². The minimum absolute atomic E-state index is 0.138. The van der Waals surface area contributed by atoms with Gasteiger partial charge in [-0.25, -0.2) is 4.79 Å². The summed E-state index contributed by atoms with van der Waals surface area (Å²) in [5, 5.41) is 2.90. The molecule has 1 aromatic heterocycles. The fraction of sp³-hybridized carbons (Fsp3) is 0.500. The highest BCUT2D eigenvalue weighted by molar-refractivity contribution is 7.18. The molecule has 1 fully saturated rings. The number of thiophene rings is 1. The van der Waals surface area contributed by atoms with E-state index in [0.29, 0.717) is 18.6 Å². The fourth-order valence-electron chi connectivity index (χ4n) is 2.27. The van der Waals surface area contributed by atoms with E-state index in [1.807, 2.05) is 0 Å². The molecule has 3 N–H and O–H groups in total. The highest BCUT2D eigenvalue weighted by Gasteiger charge is 2.28. The molecule has 2 amide bonds. The van der Waals surface area contributed by atoms with Crippen LogP contribution in [0.15, 0.2) is 0 Å². The number of hydrogen-bond donors (Lipinski definition) is 2. The van der Waals surface area contributed by atoms with Gasteiger partial charge in [0.15, 0.2) is 0 Å². The number of primary amides is 1. The number of carbonyl (C=O) groups is 3. The molecule has 120 valence electrons. The molecule has 8 heteroatoms. The summed E-state index contributed by atoms with van der Waals surface area (Å²) < 4.78 is 10.2. The van der Waals surface area contributed by atoms with Crippen molar-refractivity contribution in [3.8, 4) is 0 Å². The van der Waals surface area contributed by atoms with Crippen molar-refractivity contribution >= 4 is 34.1 Å². The third-order valence-corrected chi connectivity index (χ3v) is 4.50. The van der Waals surface area contributed by atoms with E-state index in [9.17, 15) is 14.4 Å². The van der Waals surface area contributed by atoms with E-state index in [1.165, 1.54) is 0 Å². The Hall–Kier alpha value is -1.93. The lowest BCUT2D eigenvalue weighted by molar-refractivity contribution is -0.124. The number of amides is 2. The molecule has 7 nitrogen and oxygen atoms in total. The van der Waals surface area contributed by atoms with E-state index in [1.54, 1.807) is 13.8 Å². The van der Waals surface area contributed by atoms with Gasteiger partial charge in [-0.2, -0.15) is 0 Å². The summed E-state index contributed by atoms with van der Waals surface area (Å²) in [4.78, 5) is 35.9. The molecule has 1 saturated heterocycles. The lowest BCUT2D eigenvalue weighted by atomic mass is 10.1. The van der Waals surface area contributed by atoms with Crippen molar-refractivity contribution in [1.82, 2.24) is 0 Å². The molecule has 0 spiro atoms. The van der Waals surface area contributed by atoms with Gasteiger partial charge in [-0.3, -0.25) is 9.59 Å². The molecule has 2 rings (SSSR count). The van der Waals surface area contributed by atoms with Crippen LogP contribution in [0.2, 0.25) is 0 Å². The van der Waals surface area contributed by atoms with Crippen LogP contribution in [0.4, 0.5) is 5.00 Å². The van der Waals surface area contributed by atoms with Crippen molar-refractivity contribution in [2.45, 2.75) is 32.8 Å². The molecule has 0 radical (unpaired) electrons. The van der Waals surface area contributed by atoms with Crippen LogP contribution in [0, 0.1) is 6.92 Å². The zero-order valence-corrected chi connectivity index (χ0v) is 13.2. The van der Waals surface area contributed by atoms with Crippen LogP contribution in [0.5, 0.6) is 0 Å². The summed E-state index contributed by atoms with van der Waals surface area (Å²) in [5.41, 5.74) is 5.92. The topological polar surface area (TPSA) is 108 Å². The number of anilines is 1. The van der Waals surface area contributed by atoms with E-state index >= 15 is 0 Å². The smallest absolute Gasteiger partial charge is 0.348 e. The number of carbonyl (C=O) groups excluding carboxylic acids is 3. The average Bonchev–Trinajstić information content (AvgIpc) is 3.07. The summed E-state index contributed by atoms with van der Waals surface area (Å²) >= 11 is 0.987. The molecule has 0 bridgehead atoms. The first-order valence-electron chi connectivity index (χ1n) is 6.98. The molecule has 1 aromatic rings. The van der Waals surface area contributed by atoms with Gasteiger partial charge in [0.25, 0.3) is 11.8 Å². The molecule has 0 aromatic carbocycles. The summed E-state index contributed by atoms with van der Waals surface area (Å²) in [6.07, 6.45) is 0.916. The van der Waals surface area contributed by atoms with Gasteiger partial charge in [0.2, 0.25) is 0 Å². The Labute approximate surface area is 131 Å². The minimum Gasteiger partial charge on any atom is -0.462 e. The number of nitrogens with one attached hydrogen (secondary N) is 1. The standard InChI is InChI=1S/C14H18N2O5S/c1-3-20-14(19)10-7(2)9(11(15)17)13(22-10)16-12(18)8-5-4-6-21-8/h8H,3-6H2,1-2H3,(H2,15,17)(H,16,18). The van der Waals surface area contributed by atoms with Crippen LogP contribution < -0.4 is 11.1 Å². The molecule has 22 heavy (non-hydrogen) atoms. The third-order valence-electron chi connectivity index (χ3n) is 3.31. The van der Waals surface area contributed by atoms with Crippen LogP contribution in [0.3, 0.4) is 0 Å². The van der Waals surface area contributed by atoms with Crippen molar-refractivity contribution in [2.75, 3.05) is 18.5 Å². The van der Waals surface area contributed by atoms with Crippen LogP contribution in [0.1, 0.15) is 45.4 Å². The zero-order valence-electron chi connectivity index (χ0n) is 12.4. The Kier molecular flexibility index (Phi) is 5.15. The minimum atomic E-state index is -0.702. The maximum Gasteiger partial charge on any atom is 0.348 e. The Balaban J connectivity index is 2.29. The Morgan fingerprint density at radius 3 is 2.73 bits per heavy atom. The molecule has 0 aliphatic carbocycles. The lowest BCUT2D eigenvalue weighted by Gasteiger charge is -2.09. The maximum atomic E-state index is 12.1. The molecule has 1 atom stereocenters. The monoisotopic (exact) mass is 326 g/mol. The van der Waals surface area contributed by atoms with Gasteiger partial charge >= 0.3 is 5.97 Å². The van der Waals surface area contributed by atoms with E-state index in [0.717, 1.165) is 17.8 Å². The second kappa shape index (κ2) is 6.89. The largest absolute Gasteiger partial charge is 0.462 e. The molecular formula is C14H18N2O5S. The number of ether oxygens (including phenoxy) is 2. The molecule has 1 aliphatic heterocycles. The first kappa shape index (κ1) is 16.4. The average molecular weight is 326 g/mol. The first-order chi connectivity index (χ1) is 10.5. The molecule has 2 heterocycles. The SMILES string of the molecule is CCOC(=O)c1sc(NC(=O)C2CCCO2)c(C(N)=O)c1C. The van der Waals surface area contributed by atoms with Gasteiger partial charge in [0, 0.05) is 6.61 Å². The van der Waals surface area contributed by atoms with Crippen molar-refractivity contribution in [3.63, 3.8) is 0 Å². The van der Waals surface area contributed by atoms with Gasteiger partial charge in [-0.1, -0.05) is 0 Å². The number of esters is 1.